The lowest BCUT2D eigenvalue weighted by molar-refractivity contribution is -0.145. The Morgan fingerprint density at radius 2 is 1.90 bits per heavy atom. The molecular weight excluding hydrogens is 576 g/mol. The number of halogens is 4. The van der Waals surface area contributed by atoms with Gasteiger partial charge in [-0.2, -0.15) is 0 Å². The predicted molar refractivity (Wildman–Crippen MR) is 163 cm³/mol. The van der Waals surface area contributed by atoms with Gasteiger partial charge in [0.1, 0.15) is 17.6 Å². The van der Waals surface area contributed by atoms with Gasteiger partial charge in [0.25, 0.3) is 0 Å². The third kappa shape index (κ3) is 6.64. The minimum atomic E-state index is -0.765. The van der Waals surface area contributed by atoms with Crippen LogP contribution in [0.2, 0.25) is 0 Å². The first-order valence-corrected chi connectivity index (χ1v) is 14.1. The van der Waals surface area contributed by atoms with Gasteiger partial charge in [-0.3, -0.25) is 9.69 Å². The number of carboxylic acid groups (broad SMARTS) is 1. The average Bonchev–Trinajstić information content (AvgIpc) is 3.56. The molecule has 40 heavy (non-hydrogen) atoms. The quantitative estimate of drug-likeness (QED) is 0.362. The van der Waals surface area contributed by atoms with Crippen LogP contribution in [0.1, 0.15) is 81.4 Å². The molecule has 0 radical (unpaired) electrons. The first-order valence-electron chi connectivity index (χ1n) is 14.1. The summed E-state index contributed by atoms with van der Waals surface area (Å²) in [5.41, 5.74) is 3.68. The van der Waals surface area contributed by atoms with E-state index in [4.69, 9.17) is 4.52 Å². The highest BCUT2D eigenvalue weighted by molar-refractivity contribution is 5.86. The molecule has 3 unspecified atom stereocenters. The highest BCUT2D eigenvalue weighted by Gasteiger charge is 2.47. The van der Waals surface area contributed by atoms with Crippen LogP contribution in [0.15, 0.2) is 28.8 Å². The summed E-state index contributed by atoms with van der Waals surface area (Å²) >= 11 is 0. The number of likely N-dealkylation sites (tertiary alicyclic amines) is 1. The van der Waals surface area contributed by atoms with E-state index < -0.39 is 12.0 Å². The molecule has 1 aromatic heterocycles. The average molecular weight is 621 g/mol. The van der Waals surface area contributed by atoms with Gasteiger partial charge in [0, 0.05) is 23.6 Å². The largest absolute Gasteiger partial charge is 0.480 e. The highest BCUT2D eigenvalue weighted by Crippen LogP contribution is 2.48. The van der Waals surface area contributed by atoms with Crippen LogP contribution in [-0.2, 0) is 23.1 Å². The van der Waals surface area contributed by atoms with Crippen LogP contribution in [0.3, 0.4) is 0 Å². The van der Waals surface area contributed by atoms with E-state index in [0.29, 0.717) is 5.92 Å². The van der Waals surface area contributed by atoms with Crippen molar-refractivity contribution in [2.75, 3.05) is 26.7 Å². The zero-order chi connectivity index (χ0) is 26.3. The van der Waals surface area contributed by atoms with Gasteiger partial charge in [0.2, 0.25) is 0 Å². The minimum Gasteiger partial charge on any atom is -0.480 e. The van der Waals surface area contributed by atoms with Gasteiger partial charge in [-0.15, -0.1) is 37.2 Å². The topological polar surface area (TPSA) is 69.8 Å². The summed E-state index contributed by atoms with van der Waals surface area (Å²) < 4.78 is 20.1. The molecular formula is C30H45Cl3FN3O3. The molecule has 1 N–H and O–H groups in total. The van der Waals surface area contributed by atoms with Gasteiger partial charge >= 0.3 is 5.97 Å². The molecule has 5 rings (SSSR count). The summed E-state index contributed by atoms with van der Waals surface area (Å²) in [5.74, 6) is 0.792. The maximum Gasteiger partial charge on any atom is 0.321 e. The Kier molecular flexibility index (Phi) is 12.4. The molecule has 0 bridgehead atoms. The van der Waals surface area contributed by atoms with Gasteiger partial charge in [0.15, 0.2) is 0 Å². The maximum atomic E-state index is 14.2. The number of aromatic nitrogens is 1. The number of aliphatic carboxylic acids is 1. The molecule has 2 aliphatic carbocycles. The van der Waals surface area contributed by atoms with E-state index in [1.807, 2.05) is 27.0 Å². The van der Waals surface area contributed by atoms with Crippen LogP contribution in [-0.4, -0.2) is 64.8 Å². The molecule has 3 aliphatic rings. The molecule has 1 saturated carbocycles. The van der Waals surface area contributed by atoms with Gasteiger partial charge in [-0.05, 0) is 101 Å². The number of hydrogen-bond acceptors (Lipinski definition) is 5. The summed E-state index contributed by atoms with van der Waals surface area (Å²) in [6.45, 7) is 9.11. The Bertz CT molecular complexity index is 1120. The molecule has 226 valence electrons. The Morgan fingerprint density at radius 3 is 2.50 bits per heavy atom. The van der Waals surface area contributed by atoms with Crippen LogP contribution < -0.4 is 0 Å². The number of benzene rings is 1. The van der Waals surface area contributed by atoms with E-state index in [0.717, 1.165) is 75.2 Å². The van der Waals surface area contributed by atoms with Gasteiger partial charge in [-0.25, -0.2) is 4.39 Å². The summed E-state index contributed by atoms with van der Waals surface area (Å²) in [5, 5.41) is 14.3. The zero-order valence-corrected chi connectivity index (χ0v) is 26.4. The maximum absolute atomic E-state index is 14.2. The second-order valence-electron chi connectivity index (χ2n) is 12.1. The fourth-order valence-corrected chi connectivity index (χ4v) is 7.68. The molecule has 1 spiro atoms. The minimum absolute atomic E-state index is 0. The molecule has 1 aliphatic heterocycles. The lowest BCUT2D eigenvalue weighted by Crippen LogP contribution is -2.47. The van der Waals surface area contributed by atoms with Crippen LogP contribution in [0.5, 0.6) is 0 Å². The van der Waals surface area contributed by atoms with E-state index >= 15 is 0 Å². The normalized spacial score (nSPS) is 24.3. The lowest BCUT2D eigenvalue weighted by atomic mass is 9.76. The van der Waals surface area contributed by atoms with Crippen molar-refractivity contribution < 1.29 is 18.8 Å². The van der Waals surface area contributed by atoms with Crippen molar-refractivity contribution in [3.05, 3.63) is 52.7 Å². The highest BCUT2D eigenvalue weighted by atomic mass is 35.5. The number of rotatable bonds is 8. The Labute approximate surface area is 256 Å². The molecule has 2 heterocycles. The first kappa shape index (κ1) is 34.8. The number of nitrogens with zero attached hydrogens (tertiary/aromatic N) is 3. The SMILES string of the molecule is CCc1noc2c1CCC21CCN(CC2CC(N(C)[C@@H](C(=O)O)C(C)C)CC2c2cccc(F)c2)CC1.Cl.Cl.Cl. The molecule has 2 fully saturated rings. The van der Waals surface area contributed by atoms with Crippen molar-refractivity contribution in [1.82, 2.24) is 15.0 Å². The van der Waals surface area contributed by atoms with E-state index in [-0.39, 0.29) is 66.3 Å². The second-order valence-corrected chi connectivity index (χ2v) is 12.1. The van der Waals surface area contributed by atoms with Crippen molar-refractivity contribution in [3.8, 4) is 0 Å². The van der Waals surface area contributed by atoms with Crippen LogP contribution in [0.4, 0.5) is 4.39 Å². The monoisotopic (exact) mass is 619 g/mol. The first-order chi connectivity index (χ1) is 17.7. The van der Waals surface area contributed by atoms with Gasteiger partial charge < -0.3 is 14.5 Å². The number of carboxylic acids is 1. The molecule has 6 nitrogen and oxygen atoms in total. The third-order valence-corrected chi connectivity index (χ3v) is 9.69. The second kappa shape index (κ2) is 14.2. The van der Waals surface area contributed by atoms with E-state index in [9.17, 15) is 14.3 Å². The predicted octanol–water partition coefficient (Wildman–Crippen LogP) is 6.52. The summed E-state index contributed by atoms with van der Waals surface area (Å²) in [6, 6.07) is 6.68. The number of hydrogen-bond donors (Lipinski definition) is 1. The fraction of sp³-hybridized carbons (Fsp3) is 0.667. The summed E-state index contributed by atoms with van der Waals surface area (Å²) in [6.07, 6.45) is 7.15. The number of likely N-dealkylation sites (N-methyl/N-ethyl adjacent to an activating group) is 1. The molecule has 4 atom stereocenters. The van der Waals surface area contributed by atoms with Gasteiger partial charge in [0.05, 0.1) is 5.69 Å². The molecule has 1 aromatic carbocycles. The summed E-state index contributed by atoms with van der Waals surface area (Å²) in [4.78, 5) is 16.7. The summed E-state index contributed by atoms with van der Waals surface area (Å²) in [7, 11) is 1.96. The standard InChI is InChI=1S/C30H42FN3O3.3ClH/c1-5-26-24-9-10-30(28(24)37-32-26)11-13-34(14-12-30)18-21-16-23(33(4)27(19(2)3)29(35)36)17-25(21)20-7-6-8-22(31)15-20;;;/h6-8,15,19,21,23,25,27H,5,9-14,16-18H2,1-4H3,(H,35,36);3*1H/t21?,23?,25?,27-;;;/m1.../s1. The van der Waals surface area contributed by atoms with Crippen LogP contribution in [0, 0.1) is 17.7 Å². The number of aryl methyl sites for hydroxylation is 1. The molecule has 1 saturated heterocycles. The third-order valence-electron chi connectivity index (χ3n) is 9.69. The zero-order valence-electron chi connectivity index (χ0n) is 24.0. The van der Waals surface area contributed by atoms with Crippen LogP contribution in [0.25, 0.3) is 0 Å². The Balaban J connectivity index is 0.00000187. The molecule has 10 heteroatoms. The fourth-order valence-electron chi connectivity index (χ4n) is 7.68. The van der Waals surface area contributed by atoms with Crippen molar-refractivity contribution in [3.63, 3.8) is 0 Å². The van der Waals surface area contributed by atoms with Crippen molar-refractivity contribution in [2.24, 2.45) is 11.8 Å². The number of carbonyl (C=O) groups is 1. The lowest BCUT2D eigenvalue weighted by Gasteiger charge is -2.40. The van der Waals surface area contributed by atoms with Crippen molar-refractivity contribution in [2.45, 2.75) is 89.1 Å². The van der Waals surface area contributed by atoms with E-state index in [2.05, 4.69) is 21.9 Å². The van der Waals surface area contributed by atoms with Crippen molar-refractivity contribution >= 4 is 43.2 Å². The molecule has 2 aromatic rings. The molecule has 0 amide bonds. The van der Waals surface area contributed by atoms with E-state index in [1.54, 1.807) is 12.1 Å². The number of fused-ring (bicyclic) bond motifs is 2. The van der Waals surface area contributed by atoms with Crippen molar-refractivity contribution in [1.29, 1.82) is 0 Å². The number of piperidine rings is 1. The smallest absolute Gasteiger partial charge is 0.321 e. The Hall–Kier alpha value is -1.38. The van der Waals surface area contributed by atoms with Crippen LogP contribution >= 0.6 is 37.2 Å². The van der Waals surface area contributed by atoms with E-state index in [1.165, 1.54) is 18.1 Å². The van der Waals surface area contributed by atoms with Gasteiger partial charge in [-0.1, -0.05) is 38.1 Å². The Morgan fingerprint density at radius 1 is 1.20 bits per heavy atom.